The number of hydrogen-bond acceptors (Lipinski definition) is 2. The van der Waals surface area contributed by atoms with Crippen molar-refractivity contribution in [1.29, 1.82) is 0 Å². The van der Waals surface area contributed by atoms with Crippen LogP contribution in [0.15, 0.2) is 34.9 Å². The van der Waals surface area contributed by atoms with E-state index in [0.29, 0.717) is 5.56 Å². The van der Waals surface area contributed by atoms with Crippen molar-refractivity contribution < 1.29 is 9.21 Å². The van der Waals surface area contributed by atoms with Crippen LogP contribution in [0.3, 0.4) is 0 Å². The van der Waals surface area contributed by atoms with E-state index in [4.69, 9.17) is 4.42 Å². The molecule has 60 valence electrons. The third-order valence-corrected chi connectivity index (χ3v) is 1.95. The van der Waals surface area contributed by atoms with Crippen LogP contribution in [0, 0.1) is 0 Å². The number of rotatable bonds is 1. The van der Waals surface area contributed by atoms with Crippen molar-refractivity contribution in [3.05, 3.63) is 36.1 Å². The van der Waals surface area contributed by atoms with E-state index in [1.54, 1.807) is 0 Å². The lowest BCUT2D eigenvalue weighted by molar-refractivity contribution is 0.109. The molecule has 1 aromatic heterocycles. The van der Waals surface area contributed by atoms with E-state index in [2.05, 4.69) is 12.6 Å². The van der Waals surface area contributed by atoms with Crippen LogP contribution < -0.4 is 0 Å². The fourth-order valence-corrected chi connectivity index (χ4v) is 1.32. The number of fused-ring (bicyclic) bond motifs is 1. The van der Waals surface area contributed by atoms with Gasteiger partial charge in [-0.1, -0.05) is 18.2 Å². The summed E-state index contributed by atoms with van der Waals surface area (Å²) in [6.07, 6.45) is 1.43. The summed E-state index contributed by atoms with van der Waals surface area (Å²) in [4.78, 5) is 10.9. The van der Waals surface area contributed by atoms with Crippen LogP contribution in [0.4, 0.5) is 0 Å². The smallest absolute Gasteiger partial charge is 0.220 e. The molecule has 0 spiro atoms. The number of thiol groups is 1. The summed E-state index contributed by atoms with van der Waals surface area (Å²) in [6, 6.07) is 7.37. The van der Waals surface area contributed by atoms with Crippen molar-refractivity contribution in [2.75, 3.05) is 0 Å². The van der Waals surface area contributed by atoms with Crippen LogP contribution in [0.5, 0.6) is 0 Å². The molecule has 0 amide bonds. The predicted octanol–water partition coefficient (Wildman–Crippen LogP) is 2.50. The average molecular weight is 178 g/mol. The van der Waals surface area contributed by atoms with Gasteiger partial charge < -0.3 is 4.42 Å². The molecule has 0 aliphatic heterocycles. The summed E-state index contributed by atoms with van der Waals surface area (Å²) in [5.74, 6) is 0. The molecule has 1 aromatic carbocycles. The Morgan fingerprint density at radius 2 is 2.08 bits per heavy atom. The quantitative estimate of drug-likeness (QED) is 0.680. The number of furan rings is 1. The molecule has 2 rings (SSSR count). The fourth-order valence-electron chi connectivity index (χ4n) is 1.14. The summed E-state index contributed by atoms with van der Waals surface area (Å²) in [6.45, 7) is 0. The zero-order chi connectivity index (χ0) is 8.55. The number of para-hydroxylation sites is 1. The molecular weight excluding hydrogens is 172 g/mol. The zero-order valence-electron chi connectivity index (χ0n) is 6.15. The molecule has 0 unspecified atom stereocenters. The van der Waals surface area contributed by atoms with Crippen LogP contribution in [-0.2, 0) is 0 Å². The monoisotopic (exact) mass is 178 g/mol. The van der Waals surface area contributed by atoms with Crippen LogP contribution in [0.2, 0.25) is 0 Å². The Bertz CT molecular complexity index is 431. The van der Waals surface area contributed by atoms with E-state index < -0.39 is 0 Å². The first kappa shape index (κ1) is 7.43. The van der Waals surface area contributed by atoms with Gasteiger partial charge in [0.25, 0.3) is 0 Å². The van der Waals surface area contributed by atoms with Gasteiger partial charge >= 0.3 is 0 Å². The largest absolute Gasteiger partial charge is 0.464 e. The molecule has 0 saturated carbocycles. The molecule has 2 aromatic rings. The summed E-state index contributed by atoms with van der Waals surface area (Å²) >= 11 is 3.73. The van der Waals surface area contributed by atoms with Crippen molar-refractivity contribution in [3.8, 4) is 0 Å². The maximum Gasteiger partial charge on any atom is 0.220 e. The van der Waals surface area contributed by atoms with Crippen LogP contribution in [0.25, 0.3) is 11.0 Å². The molecule has 0 aliphatic carbocycles. The highest BCUT2D eigenvalue weighted by Gasteiger charge is 2.08. The summed E-state index contributed by atoms with van der Waals surface area (Å²) in [5.41, 5.74) is 1.24. The van der Waals surface area contributed by atoms with Gasteiger partial charge in [-0.2, -0.15) is 0 Å². The van der Waals surface area contributed by atoms with E-state index in [1.165, 1.54) is 6.26 Å². The first-order chi connectivity index (χ1) is 5.79. The topological polar surface area (TPSA) is 30.2 Å². The SMILES string of the molecule is O=C(S)c1coc2ccccc12. The molecule has 0 radical (unpaired) electrons. The first-order valence-electron chi connectivity index (χ1n) is 3.48. The predicted molar refractivity (Wildman–Crippen MR) is 49.5 cm³/mol. The van der Waals surface area contributed by atoms with Crippen molar-refractivity contribution in [1.82, 2.24) is 0 Å². The third kappa shape index (κ3) is 1.02. The van der Waals surface area contributed by atoms with Crippen molar-refractivity contribution in [3.63, 3.8) is 0 Å². The Morgan fingerprint density at radius 3 is 2.83 bits per heavy atom. The second kappa shape index (κ2) is 2.68. The molecular formula is C9H6O2S. The Labute approximate surface area is 74.6 Å². The molecule has 0 fully saturated rings. The van der Waals surface area contributed by atoms with E-state index in [1.807, 2.05) is 24.3 Å². The van der Waals surface area contributed by atoms with Gasteiger partial charge in [-0.15, -0.1) is 12.6 Å². The first-order valence-corrected chi connectivity index (χ1v) is 3.93. The van der Waals surface area contributed by atoms with Gasteiger partial charge in [-0.25, -0.2) is 0 Å². The van der Waals surface area contributed by atoms with Gasteiger partial charge in [0.1, 0.15) is 11.8 Å². The molecule has 1 heterocycles. The zero-order valence-corrected chi connectivity index (χ0v) is 7.04. The molecule has 3 heteroatoms. The van der Waals surface area contributed by atoms with E-state index in [0.717, 1.165) is 11.0 Å². The Balaban J connectivity index is 2.79. The van der Waals surface area contributed by atoms with E-state index in [-0.39, 0.29) is 5.12 Å². The Kier molecular flexibility index (Phi) is 1.66. The van der Waals surface area contributed by atoms with Gasteiger partial charge in [0, 0.05) is 5.39 Å². The lowest BCUT2D eigenvalue weighted by Gasteiger charge is -1.87. The number of carbonyl (C=O) groups is 1. The average Bonchev–Trinajstić information content (AvgIpc) is 2.47. The molecule has 12 heavy (non-hydrogen) atoms. The van der Waals surface area contributed by atoms with Gasteiger partial charge in [-0.3, -0.25) is 4.79 Å². The molecule has 0 saturated heterocycles. The lowest BCUT2D eigenvalue weighted by atomic mass is 10.2. The molecule has 0 bridgehead atoms. The highest BCUT2D eigenvalue weighted by molar-refractivity contribution is 7.97. The van der Waals surface area contributed by atoms with Gasteiger partial charge in [0.2, 0.25) is 5.12 Å². The molecule has 0 aliphatic rings. The third-order valence-electron chi connectivity index (χ3n) is 1.71. The minimum absolute atomic E-state index is 0.264. The molecule has 2 nitrogen and oxygen atoms in total. The van der Waals surface area contributed by atoms with Crippen LogP contribution in [-0.4, -0.2) is 5.12 Å². The second-order valence-corrected chi connectivity index (χ2v) is 2.86. The number of hydrogen-bond donors (Lipinski definition) is 1. The Morgan fingerprint density at radius 1 is 1.33 bits per heavy atom. The standard InChI is InChI=1S/C9H6O2S/c10-9(12)7-5-11-8-4-2-1-3-6(7)8/h1-5H,(H,10,12). The fraction of sp³-hybridized carbons (Fsp3) is 0. The van der Waals surface area contributed by atoms with Gasteiger partial charge in [-0.05, 0) is 6.07 Å². The summed E-state index contributed by atoms with van der Waals surface area (Å²) < 4.78 is 5.14. The highest BCUT2D eigenvalue weighted by atomic mass is 32.1. The highest BCUT2D eigenvalue weighted by Crippen LogP contribution is 2.21. The summed E-state index contributed by atoms with van der Waals surface area (Å²) in [5, 5.41) is 0.553. The number of benzene rings is 1. The van der Waals surface area contributed by atoms with Crippen LogP contribution >= 0.6 is 12.6 Å². The minimum atomic E-state index is -0.264. The maximum atomic E-state index is 10.9. The second-order valence-electron chi connectivity index (χ2n) is 2.45. The van der Waals surface area contributed by atoms with Crippen molar-refractivity contribution in [2.24, 2.45) is 0 Å². The van der Waals surface area contributed by atoms with Crippen molar-refractivity contribution in [2.45, 2.75) is 0 Å². The van der Waals surface area contributed by atoms with Crippen molar-refractivity contribution >= 4 is 28.7 Å². The van der Waals surface area contributed by atoms with Gasteiger partial charge in [0.05, 0.1) is 5.56 Å². The summed E-state index contributed by atoms with van der Waals surface area (Å²) in [7, 11) is 0. The molecule has 0 atom stereocenters. The van der Waals surface area contributed by atoms with Gasteiger partial charge in [0.15, 0.2) is 0 Å². The normalized spacial score (nSPS) is 10.4. The van der Waals surface area contributed by atoms with Crippen LogP contribution in [0.1, 0.15) is 10.4 Å². The molecule has 0 N–H and O–H groups in total. The van der Waals surface area contributed by atoms with E-state index >= 15 is 0 Å². The maximum absolute atomic E-state index is 10.9. The number of carbonyl (C=O) groups excluding carboxylic acids is 1. The van der Waals surface area contributed by atoms with E-state index in [9.17, 15) is 4.79 Å². The Hall–Kier alpha value is -1.22. The minimum Gasteiger partial charge on any atom is -0.464 e. The lowest BCUT2D eigenvalue weighted by Crippen LogP contribution is -1.84.